The molecule has 5 nitrogen and oxygen atoms in total. The topological polar surface area (TPSA) is 73.6 Å². The van der Waals surface area contributed by atoms with Crippen LogP contribution in [0, 0.1) is 0 Å². The lowest BCUT2D eigenvalue weighted by molar-refractivity contribution is 0.0592. The van der Waals surface area contributed by atoms with Crippen molar-refractivity contribution in [2.45, 2.75) is 0 Å². The van der Waals surface area contributed by atoms with Gasteiger partial charge in [0, 0.05) is 16.7 Å². The highest BCUT2D eigenvalue weighted by Crippen LogP contribution is 2.17. The molecule has 0 spiro atoms. The Balaban J connectivity index is 2.56. The summed E-state index contributed by atoms with van der Waals surface area (Å²) in [6.45, 7) is 0. The first-order chi connectivity index (χ1) is 9.52. The summed E-state index contributed by atoms with van der Waals surface area (Å²) in [7, 11) is 1.17. The van der Waals surface area contributed by atoms with Gasteiger partial charge in [-0.25, -0.2) is 9.59 Å². The van der Waals surface area contributed by atoms with Crippen molar-refractivity contribution in [1.29, 1.82) is 0 Å². The number of esters is 1. The molecule has 0 aliphatic carbocycles. The third-order valence-electron chi connectivity index (χ3n) is 2.53. The Labute approximate surface area is 118 Å². The van der Waals surface area contributed by atoms with Crippen molar-refractivity contribution in [1.82, 2.24) is 0 Å². The summed E-state index contributed by atoms with van der Waals surface area (Å²) in [6, 6.07) is 8.33. The van der Waals surface area contributed by atoms with Gasteiger partial charge in [-0.3, -0.25) is 4.79 Å². The summed E-state index contributed by atoms with van der Waals surface area (Å²) in [4.78, 5) is 35.1. The van der Waals surface area contributed by atoms with Gasteiger partial charge in [0.25, 0.3) is 0 Å². The quantitative estimate of drug-likeness (QED) is 0.641. The first kappa shape index (κ1) is 14.0. The van der Waals surface area contributed by atoms with Crippen LogP contribution in [0.1, 0.15) is 26.5 Å². The van der Waals surface area contributed by atoms with Crippen molar-refractivity contribution in [2.24, 2.45) is 0 Å². The Morgan fingerprint density at radius 1 is 1.20 bits per heavy atom. The fourth-order valence-corrected chi connectivity index (χ4v) is 1.81. The number of hydrogen-bond acceptors (Lipinski definition) is 5. The number of ketones is 1. The standard InChI is InChI=1S/C14H9ClO5/c1-19-14(18)10-5-6-11(16)20-13(10)12(17)8-3-2-4-9(15)7-8/h2-7H,1H3. The van der Waals surface area contributed by atoms with Crippen molar-refractivity contribution in [3.05, 3.63) is 68.7 Å². The lowest BCUT2D eigenvalue weighted by Crippen LogP contribution is -2.15. The van der Waals surface area contributed by atoms with Gasteiger partial charge in [-0.2, -0.15) is 0 Å². The monoisotopic (exact) mass is 292 g/mol. The molecule has 0 radical (unpaired) electrons. The number of rotatable bonds is 3. The van der Waals surface area contributed by atoms with Gasteiger partial charge in [-0.1, -0.05) is 23.7 Å². The summed E-state index contributed by atoms with van der Waals surface area (Å²) in [5.74, 6) is -1.75. The first-order valence-corrected chi connectivity index (χ1v) is 5.93. The average Bonchev–Trinajstić information content (AvgIpc) is 2.45. The van der Waals surface area contributed by atoms with Gasteiger partial charge in [0.05, 0.1) is 7.11 Å². The molecule has 102 valence electrons. The van der Waals surface area contributed by atoms with E-state index in [1.54, 1.807) is 12.1 Å². The molecule has 0 fully saturated rings. The molecule has 0 unspecified atom stereocenters. The molecule has 0 aliphatic rings. The summed E-state index contributed by atoms with van der Waals surface area (Å²) >= 11 is 5.80. The maximum absolute atomic E-state index is 12.3. The van der Waals surface area contributed by atoms with Crippen LogP contribution in [-0.4, -0.2) is 18.9 Å². The zero-order chi connectivity index (χ0) is 14.7. The minimum atomic E-state index is -0.765. The van der Waals surface area contributed by atoms with E-state index >= 15 is 0 Å². The van der Waals surface area contributed by atoms with Gasteiger partial charge in [0.1, 0.15) is 5.56 Å². The van der Waals surface area contributed by atoms with Crippen LogP contribution in [0.4, 0.5) is 0 Å². The summed E-state index contributed by atoms with van der Waals surface area (Å²) in [5, 5.41) is 0.355. The molecule has 0 amide bonds. The van der Waals surface area contributed by atoms with E-state index in [1.165, 1.54) is 25.3 Å². The molecule has 0 bridgehead atoms. The van der Waals surface area contributed by atoms with E-state index in [0.717, 1.165) is 6.07 Å². The minimum absolute atomic E-state index is 0.114. The van der Waals surface area contributed by atoms with Crippen LogP contribution in [0.15, 0.2) is 45.6 Å². The third kappa shape index (κ3) is 2.78. The second-order valence-corrected chi connectivity index (χ2v) is 4.26. The van der Waals surface area contributed by atoms with Crippen LogP contribution in [0.5, 0.6) is 0 Å². The summed E-state index contributed by atoms with van der Waals surface area (Å²) in [6.07, 6.45) is 0. The van der Waals surface area contributed by atoms with E-state index in [4.69, 9.17) is 16.0 Å². The van der Waals surface area contributed by atoms with Crippen LogP contribution in [0.2, 0.25) is 5.02 Å². The zero-order valence-corrected chi connectivity index (χ0v) is 11.1. The van der Waals surface area contributed by atoms with E-state index in [2.05, 4.69) is 4.74 Å². The van der Waals surface area contributed by atoms with Gasteiger partial charge < -0.3 is 9.15 Å². The molecular weight excluding hydrogens is 284 g/mol. The van der Waals surface area contributed by atoms with E-state index in [9.17, 15) is 14.4 Å². The van der Waals surface area contributed by atoms with Crippen LogP contribution < -0.4 is 5.63 Å². The highest BCUT2D eigenvalue weighted by atomic mass is 35.5. The van der Waals surface area contributed by atoms with Crippen molar-refractivity contribution in [2.75, 3.05) is 7.11 Å². The van der Waals surface area contributed by atoms with Crippen molar-refractivity contribution < 1.29 is 18.7 Å². The maximum Gasteiger partial charge on any atom is 0.341 e. The number of methoxy groups -OCH3 is 1. The Hall–Kier alpha value is -2.40. The predicted octanol–water partition coefficient (Wildman–Crippen LogP) is 2.31. The lowest BCUT2D eigenvalue weighted by Gasteiger charge is -2.05. The second kappa shape index (κ2) is 5.71. The molecule has 0 saturated heterocycles. The Kier molecular flexibility index (Phi) is 4.00. The molecule has 0 N–H and O–H groups in total. The van der Waals surface area contributed by atoms with Crippen molar-refractivity contribution in [3.63, 3.8) is 0 Å². The molecule has 0 saturated carbocycles. The highest BCUT2D eigenvalue weighted by Gasteiger charge is 2.22. The molecular formula is C14H9ClO5. The number of carbonyl (C=O) groups is 2. The first-order valence-electron chi connectivity index (χ1n) is 5.55. The van der Waals surface area contributed by atoms with E-state index in [-0.39, 0.29) is 16.9 Å². The molecule has 2 rings (SSSR count). The number of hydrogen-bond donors (Lipinski definition) is 0. The van der Waals surface area contributed by atoms with E-state index in [1.807, 2.05) is 0 Å². The predicted molar refractivity (Wildman–Crippen MR) is 71.2 cm³/mol. The molecule has 0 atom stereocenters. The normalized spacial score (nSPS) is 10.1. The molecule has 6 heteroatoms. The van der Waals surface area contributed by atoms with Crippen LogP contribution in [0.25, 0.3) is 0 Å². The molecule has 20 heavy (non-hydrogen) atoms. The number of halogens is 1. The Morgan fingerprint density at radius 3 is 2.60 bits per heavy atom. The molecule has 1 heterocycles. The minimum Gasteiger partial charge on any atom is -0.465 e. The highest BCUT2D eigenvalue weighted by molar-refractivity contribution is 6.31. The molecule has 1 aromatic carbocycles. The number of benzene rings is 1. The van der Waals surface area contributed by atoms with E-state index < -0.39 is 17.4 Å². The largest absolute Gasteiger partial charge is 0.465 e. The number of ether oxygens (including phenoxy) is 1. The molecule has 0 aliphatic heterocycles. The van der Waals surface area contributed by atoms with Crippen molar-refractivity contribution in [3.8, 4) is 0 Å². The Morgan fingerprint density at radius 2 is 1.95 bits per heavy atom. The van der Waals surface area contributed by atoms with Crippen molar-refractivity contribution >= 4 is 23.4 Å². The average molecular weight is 293 g/mol. The molecule has 1 aromatic heterocycles. The van der Waals surface area contributed by atoms with Crippen LogP contribution >= 0.6 is 11.6 Å². The second-order valence-electron chi connectivity index (χ2n) is 3.83. The van der Waals surface area contributed by atoms with Crippen LogP contribution in [-0.2, 0) is 4.74 Å². The molecule has 2 aromatic rings. The summed E-state index contributed by atoms with van der Waals surface area (Å²) < 4.78 is 9.39. The number of carbonyl (C=O) groups excluding carboxylic acids is 2. The third-order valence-corrected chi connectivity index (χ3v) is 2.77. The van der Waals surface area contributed by atoms with E-state index in [0.29, 0.717) is 5.02 Å². The Bertz CT molecular complexity index is 732. The SMILES string of the molecule is COC(=O)c1ccc(=O)oc1C(=O)c1cccc(Cl)c1. The zero-order valence-electron chi connectivity index (χ0n) is 10.4. The fraction of sp³-hybridized carbons (Fsp3) is 0.0714. The summed E-state index contributed by atoms with van der Waals surface area (Å²) in [5.41, 5.74) is -0.642. The van der Waals surface area contributed by atoms with Gasteiger partial charge in [0.15, 0.2) is 5.76 Å². The lowest BCUT2D eigenvalue weighted by atomic mass is 10.1. The van der Waals surface area contributed by atoms with Gasteiger partial charge in [-0.15, -0.1) is 0 Å². The smallest absolute Gasteiger partial charge is 0.341 e. The fourth-order valence-electron chi connectivity index (χ4n) is 1.62. The maximum atomic E-state index is 12.3. The van der Waals surface area contributed by atoms with Gasteiger partial charge >= 0.3 is 11.6 Å². The van der Waals surface area contributed by atoms with Gasteiger partial charge in [-0.05, 0) is 18.2 Å². The van der Waals surface area contributed by atoms with Gasteiger partial charge in [0.2, 0.25) is 5.78 Å². The van der Waals surface area contributed by atoms with Crippen LogP contribution in [0.3, 0.4) is 0 Å².